The lowest BCUT2D eigenvalue weighted by Crippen LogP contribution is -2.24. The molecule has 1 aromatic heterocycles. The Bertz CT molecular complexity index is 1080. The van der Waals surface area contributed by atoms with E-state index in [0.29, 0.717) is 18.2 Å². The van der Waals surface area contributed by atoms with Crippen molar-refractivity contribution in [1.82, 2.24) is 20.1 Å². The molecule has 0 atom stereocenters. The maximum atomic E-state index is 12.4. The van der Waals surface area contributed by atoms with Crippen molar-refractivity contribution < 1.29 is 4.79 Å². The summed E-state index contributed by atoms with van der Waals surface area (Å²) in [6, 6.07) is 16.6. The van der Waals surface area contributed by atoms with Crippen LogP contribution in [0, 0.1) is 0 Å². The van der Waals surface area contributed by atoms with Gasteiger partial charge in [0.05, 0.1) is 5.75 Å². The number of aromatic nitrogens is 3. The largest absolute Gasteiger partial charge is 0.378 e. The molecule has 0 aliphatic rings. The molecule has 1 heterocycles. The number of amides is 1. The molecule has 174 valence electrons. The Hall–Kier alpha value is -3.06. The summed E-state index contributed by atoms with van der Waals surface area (Å²) in [4.78, 5) is 14.5. The molecule has 0 bridgehead atoms. The van der Waals surface area contributed by atoms with Gasteiger partial charge < -0.3 is 10.2 Å². The van der Waals surface area contributed by atoms with E-state index >= 15 is 0 Å². The lowest BCUT2D eigenvalue weighted by atomic mass is 9.87. The third-order valence-electron chi connectivity index (χ3n) is 5.31. The van der Waals surface area contributed by atoms with Crippen LogP contribution in [-0.4, -0.2) is 40.5 Å². The van der Waals surface area contributed by atoms with Gasteiger partial charge in [0, 0.05) is 38.4 Å². The van der Waals surface area contributed by atoms with Crippen LogP contribution >= 0.6 is 11.8 Å². The fourth-order valence-corrected chi connectivity index (χ4v) is 4.09. The summed E-state index contributed by atoms with van der Waals surface area (Å²) in [6.07, 6.45) is 1.82. The van der Waals surface area contributed by atoms with Crippen LogP contribution in [0.15, 0.2) is 66.3 Å². The molecule has 0 saturated heterocycles. The predicted molar refractivity (Wildman–Crippen MR) is 138 cm³/mol. The molecule has 0 spiro atoms. The first kappa shape index (κ1) is 24.6. The third-order valence-corrected chi connectivity index (χ3v) is 6.28. The summed E-state index contributed by atoms with van der Waals surface area (Å²) in [5.41, 5.74) is 4.55. The Labute approximate surface area is 201 Å². The van der Waals surface area contributed by atoms with Crippen LogP contribution in [0.25, 0.3) is 11.4 Å². The fourth-order valence-electron chi connectivity index (χ4n) is 3.32. The minimum absolute atomic E-state index is 0.0408. The Morgan fingerprint density at radius 2 is 1.76 bits per heavy atom. The predicted octanol–water partition coefficient (Wildman–Crippen LogP) is 4.90. The van der Waals surface area contributed by atoms with E-state index in [1.54, 1.807) is 0 Å². The van der Waals surface area contributed by atoms with E-state index < -0.39 is 0 Å². The fraction of sp³-hybridized carbons (Fsp3) is 0.346. The smallest absolute Gasteiger partial charge is 0.230 e. The molecular weight excluding hydrogens is 430 g/mol. The maximum absolute atomic E-state index is 12.4. The van der Waals surface area contributed by atoms with Crippen LogP contribution in [-0.2, 0) is 23.3 Å². The molecule has 7 heteroatoms. The lowest BCUT2D eigenvalue weighted by Gasteiger charge is -2.19. The Kier molecular flexibility index (Phi) is 7.97. The van der Waals surface area contributed by atoms with Crippen LogP contribution < -0.4 is 10.2 Å². The molecule has 0 fully saturated rings. The van der Waals surface area contributed by atoms with E-state index in [9.17, 15) is 4.79 Å². The van der Waals surface area contributed by atoms with E-state index in [0.717, 1.165) is 22.6 Å². The van der Waals surface area contributed by atoms with E-state index in [-0.39, 0.29) is 17.1 Å². The number of hydrogen-bond donors (Lipinski definition) is 1. The van der Waals surface area contributed by atoms with Crippen molar-refractivity contribution in [3.05, 3.63) is 72.3 Å². The highest BCUT2D eigenvalue weighted by Crippen LogP contribution is 2.27. The van der Waals surface area contributed by atoms with Crippen LogP contribution in [0.1, 0.15) is 31.9 Å². The van der Waals surface area contributed by atoms with Crippen LogP contribution in [0.5, 0.6) is 0 Å². The summed E-state index contributed by atoms with van der Waals surface area (Å²) in [6.45, 7) is 11.5. The highest BCUT2D eigenvalue weighted by atomic mass is 32.2. The summed E-state index contributed by atoms with van der Waals surface area (Å²) in [5, 5.41) is 12.4. The number of nitrogens with zero attached hydrogens (tertiary/aromatic N) is 4. The Morgan fingerprint density at radius 3 is 2.33 bits per heavy atom. The van der Waals surface area contributed by atoms with Gasteiger partial charge in [0.25, 0.3) is 0 Å². The second-order valence-corrected chi connectivity index (χ2v) is 10.1. The van der Waals surface area contributed by atoms with Gasteiger partial charge in [-0.25, -0.2) is 0 Å². The number of anilines is 1. The highest BCUT2D eigenvalue weighted by Gasteiger charge is 2.17. The van der Waals surface area contributed by atoms with Crippen molar-refractivity contribution in [2.45, 2.75) is 44.4 Å². The van der Waals surface area contributed by atoms with E-state index in [1.807, 2.05) is 53.9 Å². The normalized spacial score (nSPS) is 11.3. The van der Waals surface area contributed by atoms with Gasteiger partial charge in [-0.1, -0.05) is 75.0 Å². The summed E-state index contributed by atoms with van der Waals surface area (Å²) in [7, 11) is 4.01. The average Bonchev–Trinajstić information content (AvgIpc) is 3.19. The maximum Gasteiger partial charge on any atom is 0.230 e. The van der Waals surface area contributed by atoms with Gasteiger partial charge in [0.2, 0.25) is 5.91 Å². The van der Waals surface area contributed by atoms with E-state index in [4.69, 9.17) is 0 Å². The van der Waals surface area contributed by atoms with Crippen molar-refractivity contribution in [2.75, 3.05) is 24.7 Å². The molecule has 1 amide bonds. The number of rotatable bonds is 9. The molecular formula is C26H33N5OS. The molecule has 2 aromatic carbocycles. The van der Waals surface area contributed by atoms with Gasteiger partial charge in [0.15, 0.2) is 11.0 Å². The number of hydrogen-bond acceptors (Lipinski definition) is 5. The molecule has 1 N–H and O–H groups in total. The minimum Gasteiger partial charge on any atom is -0.378 e. The topological polar surface area (TPSA) is 63.1 Å². The van der Waals surface area contributed by atoms with Crippen molar-refractivity contribution in [1.29, 1.82) is 0 Å². The number of allylic oxidation sites excluding steroid dienone is 1. The zero-order valence-electron chi connectivity index (χ0n) is 20.1. The number of carbonyl (C=O) groups excluding carboxylic acids is 1. The zero-order valence-corrected chi connectivity index (χ0v) is 20.9. The van der Waals surface area contributed by atoms with Gasteiger partial charge in [-0.2, -0.15) is 0 Å². The number of thioether (sulfide) groups is 1. The molecule has 0 saturated carbocycles. The van der Waals surface area contributed by atoms with Crippen molar-refractivity contribution in [3.8, 4) is 11.4 Å². The minimum atomic E-state index is -0.0408. The van der Waals surface area contributed by atoms with E-state index in [2.05, 4.69) is 67.1 Å². The molecule has 3 rings (SSSR count). The zero-order chi connectivity index (χ0) is 24.0. The lowest BCUT2D eigenvalue weighted by molar-refractivity contribution is -0.118. The second-order valence-electron chi connectivity index (χ2n) is 9.16. The number of benzene rings is 2. The van der Waals surface area contributed by atoms with Crippen LogP contribution in [0.4, 0.5) is 5.69 Å². The molecule has 6 nitrogen and oxygen atoms in total. The van der Waals surface area contributed by atoms with Gasteiger partial charge in [-0.05, 0) is 28.7 Å². The number of carbonyl (C=O) groups is 1. The van der Waals surface area contributed by atoms with Gasteiger partial charge in [-0.3, -0.25) is 9.36 Å². The first-order chi connectivity index (χ1) is 15.7. The van der Waals surface area contributed by atoms with Crippen LogP contribution in [0.2, 0.25) is 0 Å². The van der Waals surface area contributed by atoms with Gasteiger partial charge in [-0.15, -0.1) is 16.8 Å². The average molecular weight is 464 g/mol. The monoisotopic (exact) mass is 463 g/mol. The molecule has 33 heavy (non-hydrogen) atoms. The molecule has 0 radical (unpaired) electrons. The van der Waals surface area contributed by atoms with Crippen molar-refractivity contribution in [3.63, 3.8) is 0 Å². The summed E-state index contributed by atoms with van der Waals surface area (Å²) >= 11 is 1.38. The summed E-state index contributed by atoms with van der Waals surface area (Å²) < 4.78 is 2.00. The van der Waals surface area contributed by atoms with Crippen molar-refractivity contribution in [2.24, 2.45) is 0 Å². The third kappa shape index (κ3) is 6.48. The summed E-state index contributed by atoms with van der Waals surface area (Å²) in [5.74, 6) is 1.01. The first-order valence-electron chi connectivity index (χ1n) is 11.0. The quantitative estimate of drug-likeness (QED) is 0.361. The van der Waals surface area contributed by atoms with Gasteiger partial charge in [0.1, 0.15) is 0 Å². The molecule has 0 aliphatic carbocycles. The molecule has 0 aliphatic heterocycles. The Morgan fingerprint density at radius 1 is 1.09 bits per heavy atom. The molecule has 3 aromatic rings. The van der Waals surface area contributed by atoms with E-state index in [1.165, 1.54) is 17.3 Å². The standard InChI is InChI=1S/C26H33N5OS/c1-7-16-31-24(20-10-12-21(13-11-20)26(2,3)4)28-29-25(31)33-18-23(32)27-17-19-8-14-22(15-9-19)30(5)6/h7-15H,1,16-18H2,2-6H3,(H,27,32). The first-order valence-corrected chi connectivity index (χ1v) is 12.0. The SMILES string of the molecule is C=CCn1c(SCC(=O)NCc2ccc(N(C)C)cc2)nnc1-c1ccc(C(C)(C)C)cc1. The second kappa shape index (κ2) is 10.7. The number of nitrogens with one attached hydrogen (secondary N) is 1. The Balaban J connectivity index is 1.63. The van der Waals surface area contributed by atoms with Crippen molar-refractivity contribution >= 4 is 23.4 Å². The van der Waals surface area contributed by atoms with Gasteiger partial charge >= 0.3 is 0 Å². The van der Waals surface area contributed by atoms with Crippen LogP contribution in [0.3, 0.4) is 0 Å². The molecule has 0 unspecified atom stereocenters. The highest BCUT2D eigenvalue weighted by molar-refractivity contribution is 7.99.